The van der Waals surface area contributed by atoms with Crippen LogP contribution < -0.4 is 0 Å². The third-order valence-corrected chi connectivity index (χ3v) is 15.1. The fourth-order valence-electron chi connectivity index (χ4n) is 10.0. The summed E-state index contributed by atoms with van der Waals surface area (Å²) in [6, 6.07) is 0. The highest BCUT2D eigenvalue weighted by molar-refractivity contribution is 5.77. The molecule has 0 aromatic rings. The number of hydrogen-bond donors (Lipinski definition) is 0. The molecular weight excluding hydrogens is 895 g/mol. The molecular formula is C63H123N3O6. The zero-order valence-corrected chi connectivity index (χ0v) is 49.3. The summed E-state index contributed by atoms with van der Waals surface area (Å²) in [5.41, 5.74) is 0. The number of hydrogen-bond acceptors (Lipinski definition) is 7. The molecule has 0 aromatic carbocycles. The topological polar surface area (TPSA) is 96.5 Å². The number of carbonyl (C=O) groups is 4. The van der Waals surface area contributed by atoms with E-state index in [1.54, 1.807) is 0 Å². The maximum atomic E-state index is 13.6. The fraction of sp³-hybridized carbons (Fsp3) is 0.937. The molecule has 72 heavy (non-hydrogen) atoms. The molecule has 0 aliphatic carbocycles. The fourth-order valence-corrected chi connectivity index (χ4v) is 10.0. The minimum absolute atomic E-state index is 0.0652. The van der Waals surface area contributed by atoms with Gasteiger partial charge in [-0.2, -0.15) is 0 Å². The summed E-state index contributed by atoms with van der Waals surface area (Å²) in [7, 11) is 2.03. The van der Waals surface area contributed by atoms with Crippen LogP contribution in [-0.4, -0.2) is 98.0 Å². The number of amides is 2. The van der Waals surface area contributed by atoms with E-state index < -0.39 is 0 Å². The van der Waals surface area contributed by atoms with Gasteiger partial charge in [0.15, 0.2) is 0 Å². The molecule has 2 amide bonds. The van der Waals surface area contributed by atoms with Gasteiger partial charge in [-0.25, -0.2) is 0 Å². The van der Waals surface area contributed by atoms with E-state index in [-0.39, 0.29) is 23.8 Å². The van der Waals surface area contributed by atoms with Crippen molar-refractivity contribution in [1.82, 2.24) is 14.7 Å². The Hall–Kier alpha value is -2.16. The SMILES string of the molecule is CCCCCCCCC(CCCCCC)COC(=O)CCCCCN(CCCCCC)C(=O)CCN(C)CCC(=O)N(CCCCCC)CCCCCC(=O)OCC(CCCCCC)CCCCCCCC. The quantitative estimate of drug-likeness (QED) is 0.0442. The Morgan fingerprint density at radius 1 is 0.306 bits per heavy atom. The van der Waals surface area contributed by atoms with E-state index >= 15 is 0 Å². The van der Waals surface area contributed by atoms with Crippen molar-refractivity contribution in [3.8, 4) is 0 Å². The van der Waals surface area contributed by atoms with E-state index in [4.69, 9.17) is 9.47 Å². The summed E-state index contributed by atoms with van der Waals surface area (Å²) in [6.07, 6.45) is 46.3. The Morgan fingerprint density at radius 3 is 0.861 bits per heavy atom. The van der Waals surface area contributed by atoms with Crippen LogP contribution in [0.4, 0.5) is 0 Å². The number of unbranched alkanes of at least 4 members (excludes halogenated alkanes) is 26. The van der Waals surface area contributed by atoms with Gasteiger partial charge in [0.1, 0.15) is 0 Å². The summed E-state index contributed by atoms with van der Waals surface area (Å²) in [5, 5.41) is 0. The van der Waals surface area contributed by atoms with Gasteiger partial charge in [0.05, 0.1) is 13.2 Å². The lowest BCUT2D eigenvalue weighted by Gasteiger charge is -2.26. The second-order valence-corrected chi connectivity index (χ2v) is 22.2. The Morgan fingerprint density at radius 2 is 0.556 bits per heavy atom. The van der Waals surface area contributed by atoms with Crippen molar-refractivity contribution < 1.29 is 28.7 Å². The van der Waals surface area contributed by atoms with E-state index in [0.29, 0.717) is 63.8 Å². The summed E-state index contributed by atoms with van der Waals surface area (Å²) in [6.45, 7) is 18.9. The number of esters is 2. The first kappa shape index (κ1) is 69.8. The molecule has 0 N–H and O–H groups in total. The van der Waals surface area contributed by atoms with Crippen molar-refractivity contribution in [2.75, 3.05) is 59.5 Å². The van der Waals surface area contributed by atoms with Gasteiger partial charge in [0, 0.05) is 65.0 Å². The molecule has 0 rings (SSSR count). The highest BCUT2D eigenvalue weighted by atomic mass is 16.5. The van der Waals surface area contributed by atoms with E-state index in [9.17, 15) is 19.2 Å². The van der Waals surface area contributed by atoms with Crippen molar-refractivity contribution in [3.63, 3.8) is 0 Å². The van der Waals surface area contributed by atoms with Crippen molar-refractivity contribution in [2.45, 2.75) is 311 Å². The van der Waals surface area contributed by atoms with Crippen LogP contribution in [-0.2, 0) is 28.7 Å². The summed E-state index contributed by atoms with van der Waals surface area (Å²) in [5.74, 6) is 1.22. The summed E-state index contributed by atoms with van der Waals surface area (Å²) in [4.78, 5) is 59.1. The molecule has 0 spiro atoms. The minimum atomic E-state index is -0.0652. The number of ether oxygens (including phenoxy) is 2. The highest BCUT2D eigenvalue weighted by Crippen LogP contribution is 2.22. The molecule has 0 saturated heterocycles. The molecule has 0 fully saturated rings. The van der Waals surface area contributed by atoms with Gasteiger partial charge in [-0.3, -0.25) is 19.2 Å². The Bertz CT molecular complexity index is 1130. The molecule has 0 aromatic heterocycles. The van der Waals surface area contributed by atoms with Crippen LogP contribution in [0, 0.1) is 11.8 Å². The molecule has 0 heterocycles. The van der Waals surface area contributed by atoms with Crippen LogP contribution in [0.3, 0.4) is 0 Å². The molecule has 0 aliphatic rings. The van der Waals surface area contributed by atoms with Gasteiger partial charge in [-0.1, -0.05) is 221 Å². The largest absolute Gasteiger partial charge is 0.465 e. The van der Waals surface area contributed by atoms with Crippen LogP contribution in [0.2, 0.25) is 0 Å². The number of nitrogens with zero attached hydrogens (tertiary/aromatic N) is 3. The smallest absolute Gasteiger partial charge is 0.305 e. The van der Waals surface area contributed by atoms with Crippen LogP contribution in [0.1, 0.15) is 311 Å². The lowest BCUT2D eigenvalue weighted by Crippen LogP contribution is -2.37. The van der Waals surface area contributed by atoms with Gasteiger partial charge in [-0.05, 0) is 83.1 Å². The third kappa shape index (κ3) is 45.3. The van der Waals surface area contributed by atoms with E-state index in [1.807, 2.05) is 7.05 Å². The van der Waals surface area contributed by atoms with Crippen molar-refractivity contribution >= 4 is 23.8 Å². The minimum Gasteiger partial charge on any atom is -0.465 e. The molecule has 0 saturated carbocycles. The van der Waals surface area contributed by atoms with Gasteiger partial charge in [0.25, 0.3) is 0 Å². The van der Waals surface area contributed by atoms with Crippen LogP contribution in [0.25, 0.3) is 0 Å². The van der Waals surface area contributed by atoms with Crippen molar-refractivity contribution in [3.05, 3.63) is 0 Å². The Labute approximate surface area is 448 Å². The first-order valence-electron chi connectivity index (χ1n) is 31.7. The predicted molar refractivity (Wildman–Crippen MR) is 308 cm³/mol. The van der Waals surface area contributed by atoms with Gasteiger partial charge >= 0.3 is 11.9 Å². The molecule has 9 heteroatoms. The molecule has 0 aliphatic heterocycles. The lowest BCUT2D eigenvalue weighted by molar-refractivity contribution is -0.146. The first-order valence-corrected chi connectivity index (χ1v) is 31.7. The van der Waals surface area contributed by atoms with E-state index in [2.05, 4.69) is 56.2 Å². The third-order valence-electron chi connectivity index (χ3n) is 15.1. The Kier molecular flexibility index (Phi) is 52.0. The molecule has 2 unspecified atom stereocenters. The zero-order chi connectivity index (χ0) is 53.0. The number of carbonyl (C=O) groups excluding carboxylic acids is 4. The van der Waals surface area contributed by atoms with Gasteiger partial charge < -0.3 is 24.2 Å². The van der Waals surface area contributed by atoms with Gasteiger partial charge in [0.2, 0.25) is 11.8 Å². The maximum Gasteiger partial charge on any atom is 0.305 e. The molecule has 426 valence electrons. The average Bonchev–Trinajstić information content (AvgIpc) is 3.38. The highest BCUT2D eigenvalue weighted by Gasteiger charge is 2.19. The Balaban J connectivity index is 4.91. The molecule has 2 atom stereocenters. The monoisotopic (exact) mass is 1020 g/mol. The standard InChI is InChI=1S/C63H123N3O6/c1-8-14-20-26-28-34-44-58(42-32-22-16-10-3)56-71-62(69)46-36-30-40-52-65(50-38-24-18-12-5)60(67)48-54-64(7)55-49-61(68)66(51-39-25-19-13-6)53-41-31-37-47-63(70)72-57-59(43-33-23-17-11-4)45-35-29-27-21-15-9-2/h58-59H,8-57H2,1-7H3. The maximum absolute atomic E-state index is 13.6. The molecule has 0 bridgehead atoms. The van der Waals surface area contributed by atoms with Crippen LogP contribution in [0.15, 0.2) is 0 Å². The summed E-state index contributed by atoms with van der Waals surface area (Å²) >= 11 is 0. The summed E-state index contributed by atoms with van der Waals surface area (Å²) < 4.78 is 11.7. The molecule has 9 nitrogen and oxygen atoms in total. The van der Waals surface area contributed by atoms with Gasteiger partial charge in [-0.15, -0.1) is 0 Å². The zero-order valence-electron chi connectivity index (χ0n) is 49.3. The lowest BCUT2D eigenvalue weighted by atomic mass is 9.95. The average molecular weight is 1020 g/mol. The predicted octanol–water partition coefficient (Wildman–Crippen LogP) is 17.4. The van der Waals surface area contributed by atoms with Crippen molar-refractivity contribution in [2.24, 2.45) is 11.8 Å². The second kappa shape index (κ2) is 53.7. The normalized spacial score (nSPS) is 12.3. The van der Waals surface area contributed by atoms with Crippen LogP contribution >= 0.6 is 0 Å². The van der Waals surface area contributed by atoms with E-state index in [0.717, 1.165) is 116 Å². The molecule has 0 radical (unpaired) electrons. The van der Waals surface area contributed by atoms with E-state index in [1.165, 1.54) is 154 Å². The van der Waals surface area contributed by atoms with Crippen molar-refractivity contribution in [1.29, 1.82) is 0 Å². The second-order valence-electron chi connectivity index (χ2n) is 22.2. The van der Waals surface area contributed by atoms with Crippen LogP contribution in [0.5, 0.6) is 0 Å². The number of rotatable bonds is 56. The first-order chi connectivity index (χ1) is 35.1.